The van der Waals surface area contributed by atoms with Crippen LogP contribution in [-0.2, 0) is 6.54 Å². The Morgan fingerprint density at radius 2 is 1.91 bits per heavy atom. The highest BCUT2D eigenvalue weighted by Gasteiger charge is 2.06. The van der Waals surface area contributed by atoms with Crippen molar-refractivity contribution in [1.29, 1.82) is 0 Å². The molecule has 3 aromatic rings. The van der Waals surface area contributed by atoms with Gasteiger partial charge in [0.2, 0.25) is 0 Å². The number of halogens is 2. The molecular formula is C16H12BrClN4. The first kappa shape index (κ1) is 14.9. The molecule has 0 radical (unpaired) electrons. The lowest BCUT2D eigenvalue weighted by Gasteiger charge is -2.08. The SMILES string of the molecule is Clc1cc(NCc2ccc(Br)cc2)nc(-c2cccnc2)n1. The van der Waals surface area contributed by atoms with Gasteiger partial charge in [-0.3, -0.25) is 4.98 Å². The number of nitrogens with zero attached hydrogens (tertiary/aromatic N) is 3. The molecule has 0 saturated heterocycles. The Hall–Kier alpha value is -1.98. The Morgan fingerprint density at radius 1 is 1.09 bits per heavy atom. The molecule has 4 nitrogen and oxygen atoms in total. The van der Waals surface area contributed by atoms with E-state index >= 15 is 0 Å². The molecule has 2 aromatic heterocycles. The largest absolute Gasteiger partial charge is 0.366 e. The molecule has 0 aliphatic carbocycles. The lowest BCUT2D eigenvalue weighted by atomic mass is 10.2. The summed E-state index contributed by atoms with van der Waals surface area (Å²) in [6.45, 7) is 0.660. The molecule has 0 fully saturated rings. The Bertz CT molecular complexity index is 763. The highest BCUT2D eigenvalue weighted by molar-refractivity contribution is 9.10. The molecule has 0 amide bonds. The van der Waals surface area contributed by atoms with Crippen LogP contribution < -0.4 is 5.32 Å². The molecule has 0 spiro atoms. The standard InChI is InChI=1S/C16H12BrClN4/c17-13-5-3-11(4-6-13)9-20-15-8-14(18)21-16(22-15)12-2-1-7-19-10-12/h1-8,10H,9H2,(H,20,21,22). The molecule has 6 heteroatoms. The molecule has 22 heavy (non-hydrogen) atoms. The van der Waals surface area contributed by atoms with Gasteiger partial charge in [0.1, 0.15) is 11.0 Å². The molecule has 0 bridgehead atoms. The van der Waals surface area contributed by atoms with E-state index in [2.05, 4.69) is 36.2 Å². The van der Waals surface area contributed by atoms with Crippen LogP contribution in [-0.4, -0.2) is 15.0 Å². The quantitative estimate of drug-likeness (QED) is 0.679. The number of benzene rings is 1. The van der Waals surface area contributed by atoms with Crippen LogP contribution in [0.25, 0.3) is 11.4 Å². The summed E-state index contributed by atoms with van der Waals surface area (Å²) in [5.41, 5.74) is 1.98. The van der Waals surface area contributed by atoms with Crippen LogP contribution in [0.1, 0.15) is 5.56 Å². The zero-order valence-electron chi connectivity index (χ0n) is 11.5. The van der Waals surface area contributed by atoms with E-state index in [0.29, 0.717) is 23.3 Å². The molecule has 3 rings (SSSR count). The van der Waals surface area contributed by atoms with Crippen LogP contribution >= 0.6 is 27.5 Å². The number of rotatable bonds is 4. The second kappa shape index (κ2) is 6.85. The van der Waals surface area contributed by atoms with E-state index in [1.807, 2.05) is 36.4 Å². The molecule has 0 aliphatic rings. The van der Waals surface area contributed by atoms with Crippen LogP contribution in [0.5, 0.6) is 0 Å². The number of pyridine rings is 1. The van der Waals surface area contributed by atoms with Crippen molar-refractivity contribution < 1.29 is 0 Å². The van der Waals surface area contributed by atoms with Gasteiger partial charge in [-0.05, 0) is 29.8 Å². The molecule has 110 valence electrons. The minimum absolute atomic E-state index is 0.396. The first-order valence-electron chi connectivity index (χ1n) is 6.64. The van der Waals surface area contributed by atoms with Crippen molar-refractivity contribution in [3.63, 3.8) is 0 Å². The van der Waals surface area contributed by atoms with E-state index < -0.39 is 0 Å². The van der Waals surface area contributed by atoms with Gasteiger partial charge in [-0.25, -0.2) is 9.97 Å². The maximum Gasteiger partial charge on any atom is 0.164 e. The van der Waals surface area contributed by atoms with Crippen molar-refractivity contribution in [2.75, 3.05) is 5.32 Å². The topological polar surface area (TPSA) is 50.7 Å². The van der Waals surface area contributed by atoms with E-state index in [1.165, 1.54) is 0 Å². The van der Waals surface area contributed by atoms with Crippen molar-refractivity contribution in [2.45, 2.75) is 6.54 Å². The van der Waals surface area contributed by atoms with Gasteiger partial charge >= 0.3 is 0 Å². The fourth-order valence-corrected chi connectivity index (χ4v) is 2.37. The first-order chi connectivity index (χ1) is 10.7. The zero-order valence-corrected chi connectivity index (χ0v) is 13.8. The van der Waals surface area contributed by atoms with E-state index in [4.69, 9.17) is 11.6 Å². The number of hydrogen-bond acceptors (Lipinski definition) is 4. The van der Waals surface area contributed by atoms with Crippen molar-refractivity contribution in [3.05, 3.63) is 70.0 Å². The second-order valence-electron chi connectivity index (χ2n) is 4.62. The number of hydrogen-bond donors (Lipinski definition) is 1. The molecular weight excluding hydrogens is 364 g/mol. The monoisotopic (exact) mass is 374 g/mol. The fraction of sp³-hybridized carbons (Fsp3) is 0.0625. The third-order valence-electron chi connectivity index (χ3n) is 3.00. The molecule has 0 atom stereocenters. The van der Waals surface area contributed by atoms with E-state index in [9.17, 15) is 0 Å². The molecule has 0 unspecified atom stereocenters. The van der Waals surface area contributed by atoms with Gasteiger partial charge in [0.05, 0.1) is 0 Å². The van der Waals surface area contributed by atoms with E-state index in [1.54, 1.807) is 18.5 Å². The maximum atomic E-state index is 6.08. The average molecular weight is 376 g/mol. The Labute approximate surface area is 141 Å². The van der Waals surface area contributed by atoms with Crippen molar-refractivity contribution in [3.8, 4) is 11.4 Å². The van der Waals surface area contributed by atoms with Crippen LogP contribution in [0.3, 0.4) is 0 Å². The molecule has 1 N–H and O–H groups in total. The molecule has 0 saturated carbocycles. The average Bonchev–Trinajstić information content (AvgIpc) is 2.55. The summed E-state index contributed by atoms with van der Waals surface area (Å²) in [6, 6.07) is 13.5. The number of nitrogens with one attached hydrogen (secondary N) is 1. The zero-order chi connectivity index (χ0) is 15.4. The molecule has 0 aliphatic heterocycles. The smallest absolute Gasteiger partial charge is 0.164 e. The summed E-state index contributed by atoms with van der Waals surface area (Å²) in [6.07, 6.45) is 3.42. The fourth-order valence-electron chi connectivity index (χ4n) is 1.93. The highest BCUT2D eigenvalue weighted by atomic mass is 79.9. The third kappa shape index (κ3) is 3.81. The third-order valence-corrected chi connectivity index (χ3v) is 3.72. The number of anilines is 1. The highest BCUT2D eigenvalue weighted by Crippen LogP contribution is 2.20. The summed E-state index contributed by atoms with van der Waals surface area (Å²) in [5.74, 6) is 1.24. The summed E-state index contributed by atoms with van der Waals surface area (Å²) >= 11 is 9.51. The van der Waals surface area contributed by atoms with Crippen LogP contribution in [0.15, 0.2) is 59.3 Å². The van der Waals surface area contributed by atoms with Crippen LogP contribution in [0, 0.1) is 0 Å². The Morgan fingerprint density at radius 3 is 2.64 bits per heavy atom. The van der Waals surface area contributed by atoms with Crippen molar-refractivity contribution in [1.82, 2.24) is 15.0 Å². The van der Waals surface area contributed by atoms with Gasteiger partial charge in [0.25, 0.3) is 0 Å². The first-order valence-corrected chi connectivity index (χ1v) is 7.81. The summed E-state index contributed by atoms with van der Waals surface area (Å²) < 4.78 is 1.06. The van der Waals surface area contributed by atoms with Gasteiger partial charge in [-0.1, -0.05) is 39.7 Å². The summed E-state index contributed by atoms with van der Waals surface area (Å²) in [5, 5.41) is 3.66. The van der Waals surface area contributed by atoms with Gasteiger partial charge in [-0.15, -0.1) is 0 Å². The van der Waals surface area contributed by atoms with Gasteiger partial charge < -0.3 is 5.32 Å². The maximum absolute atomic E-state index is 6.08. The van der Waals surface area contributed by atoms with Gasteiger partial charge in [0, 0.05) is 35.0 Å². The Kier molecular flexibility index (Phi) is 4.65. The van der Waals surface area contributed by atoms with Crippen molar-refractivity contribution >= 4 is 33.3 Å². The summed E-state index contributed by atoms with van der Waals surface area (Å²) in [4.78, 5) is 12.8. The predicted molar refractivity (Wildman–Crippen MR) is 91.7 cm³/mol. The predicted octanol–water partition coefficient (Wildman–Crippen LogP) is 4.57. The molecule has 1 aromatic carbocycles. The number of aromatic nitrogens is 3. The molecule has 2 heterocycles. The van der Waals surface area contributed by atoms with Gasteiger partial charge in [0.15, 0.2) is 5.82 Å². The summed E-state index contributed by atoms with van der Waals surface area (Å²) in [7, 11) is 0. The van der Waals surface area contributed by atoms with E-state index in [-0.39, 0.29) is 0 Å². The lowest BCUT2D eigenvalue weighted by molar-refractivity contribution is 1.08. The minimum atomic E-state index is 0.396. The van der Waals surface area contributed by atoms with Gasteiger partial charge in [-0.2, -0.15) is 0 Å². The normalized spacial score (nSPS) is 10.5. The Balaban J connectivity index is 1.79. The van der Waals surface area contributed by atoms with Crippen molar-refractivity contribution in [2.24, 2.45) is 0 Å². The minimum Gasteiger partial charge on any atom is -0.366 e. The lowest BCUT2D eigenvalue weighted by Crippen LogP contribution is -2.03. The second-order valence-corrected chi connectivity index (χ2v) is 5.92. The van der Waals surface area contributed by atoms with E-state index in [0.717, 1.165) is 15.6 Å². The van der Waals surface area contributed by atoms with Crippen LogP contribution in [0.2, 0.25) is 5.15 Å². The van der Waals surface area contributed by atoms with Crippen LogP contribution in [0.4, 0.5) is 5.82 Å².